The third-order valence-corrected chi connectivity index (χ3v) is 3.71. The Labute approximate surface area is 143 Å². The molecule has 0 aromatic carbocycles. The van der Waals surface area contributed by atoms with Crippen LogP contribution in [0.5, 0.6) is 5.88 Å². The van der Waals surface area contributed by atoms with Gasteiger partial charge in [0.25, 0.3) is 0 Å². The Balaban J connectivity index is 2.15. The van der Waals surface area contributed by atoms with E-state index in [0.717, 1.165) is 0 Å². The first kappa shape index (κ1) is 16.1. The molecule has 0 radical (unpaired) electrons. The van der Waals surface area contributed by atoms with Crippen LogP contribution in [0.2, 0.25) is 0 Å². The maximum absolute atomic E-state index is 13.5. The van der Waals surface area contributed by atoms with Crippen molar-refractivity contribution >= 4 is 21.9 Å². The molecular weight excluding hydrogens is 383 g/mol. The van der Waals surface area contributed by atoms with Crippen LogP contribution in [-0.4, -0.2) is 37.4 Å². The third-order valence-electron chi connectivity index (χ3n) is 3.00. The van der Waals surface area contributed by atoms with Gasteiger partial charge in [-0.1, -0.05) is 6.07 Å². The predicted octanol–water partition coefficient (Wildman–Crippen LogP) is 2.69. The monoisotopic (exact) mass is 392 g/mol. The Kier molecular flexibility index (Phi) is 4.52. The molecular formula is C15H10BrFN4O3. The Morgan fingerprint density at radius 3 is 2.79 bits per heavy atom. The van der Waals surface area contributed by atoms with E-state index in [1.807, 2.05) is 0 Å². The fourth-order valence-corrected chi connectivity index (χ4v) is 2.64. The molecule has 9 heteroatoms. The molecule has 0 fully saturated rings. The second-order valence-corrected chi connectivity index (χ2v) is 5.41. The van der Waals surface area contributed by atoms with Crippen LogP contribution in [0, 0.1) is 5.95 Å². The smallest absolute Gasteiger partial charge is 0.341 e. The van der Waals surface area contributed by atoms with Crippen molar-refractivity contribution in [1.82, 2.24) is 19.7 Å². The van der Waals surface area contributed by atoms with Crippen molar-refractivity contribution in [3.8, 4) is 23.0 Å². The topological polar surface area (TPSA) is 90.1 Å². The number of aromatic nitrogens is 4. The molecule has 0 spiro atoms. The Morgan fingerprint density at radius 1 is 1.29 bits per heavy atom. The van der Waals surface area contributed by atoms with Gasteiger partial charge < -0.3 is 9.84 Å². The quantitative estimate of drug-likeness (QED) is 0.671. The molecule has 122 valence electrons. The summed E-state index contributed by atoms with van der Waals surface area (Å²) in [7, 11) is 0. The van der Waals surface area contributed by atoms with E-state index in [2.05, 4.69) is 31.0 Å². The minimum Gasteiger partial charge on any atom is -0.479 e. The number of rotatable bonds is 5. The normalized spacial score (nSPS) is 10.6. The van der Waals surface area contributed by atoms with Gasteiger partial charge in [0, 0.05) is 24.0 Å². The van der Waals surface area contributed by atoms with Gasteiger partial charge in [0.2, 0.25) is 11.8 Å². The number of aliphatic carboxylic acids is 1. The van der Waals surface area contributed by atoms with Crippen LogP contribution in [-0.2, 0) is 4.79 Å². The minimum atomic E-state index is -1.13. The molecule has 0 atom stereocenters. The average molecular weight is 393 g/mol. The molecule has 7 nitrogen and oxygen atoms in total. The van der Waals surface area contributed by atoms with Crippen molar-refractivity contribution in [2.45, 2.75) is 0 Å². The highest BCUT2D eigenvalue weighted by Gasteiger charge is 2.21. The molecule has 0 saturated heterocycles. The van der Waals surface area contributed by atoms with Crippen LogP contribution in [0.3, 0.4) is 0 Å². The van der Waals surface area contributed by atoms with E-state index in [1.165, 1.54) is 16.9 Å². The van der Waals surface area contributed by atoms with Crippen molar-refractivity contribution in [1.29, 1.82) is 0 Å². The highest BCUT2D eigenvalue weighted by Crippen LogP contribution is 2.37. The Bertz CT molecular complexity index is 886. The first-order valence-electron chi connectivity index (χ1n) is 6.72. The number of halogens is 2. The fraction of sp³-hybridized carbons (Fsp3) is 0.0667. The minimum absolute atomic E-state index is 0.0651. The summed E-state index contributed by atoms with van der Waals surface area (Å²) in [4.78, 5) is 18.4. The number of ether oxygens (including phenoxy) is 1. The SMILES string of the molecule is O=C(O)COc1nn(-c2ccccn2)c(-c2ccnc(F)c2)c1Br. The zero-order chi connectivity index (χ0) is 17.1. The molecule has 0 saturated carbocycles. The van der Waals surface area contributed by atoms with Gasteiger partial charge in [-0.3, -0.25) is 0 Å². The molecule has 3 rings (SSSR count). The fourth-order valence-electron chi connectivity index (χ4n) is 2.04. The van der Waals surface area contributed by atoms with E-state index in [0.29, 0.717) is 21.5 Å². The van der Waals surface area contributed by atoms with Gasteiger partial charge in [0.05, 0.1) is 5.69 Å². The molecule has 3 aromatic heterocycles. The summed E-state index contributed by atoms with van der Waals surface area (Å²) >= 11 is 3.34. The summed E-state index contributed by atoms with van der Waals surface area (Å²) in [6, 6.07) is 8.07. The van der Waals surface area contributed by atoms with Gasteiger partial charge in [0.15, 0.2) is 12.4 Å². The second kappa shape index (κ2) is 6.75. The van der Waals surface area contributed by atoms with Crippen molar-refractivity contribution in [3.05, 3.63) is 53.1 Å². The Hall–Kier alpha value is -2.81. The predicted molar refractivity (Wildman–Crippen MR) is 85.4 cm³/mol. The van der Waals surface area contributed by atoms with Gasteiger partial charge in [-0.05, 0) is 34.1 Å². The molecule has 0 aliphatic heterocycles. The molecule has 0 aliphatic carbocycles. The van der Waals surface area contributed by atoms with Crippen LogP contribution >= 0.6 is 15.9 Å². The summed E-state index contributed by atoms with van der Waals surface area (Å²) in [6.45, 7) is -0.554. The first-order chi connectivity index (χ1) is 11.6. The second-order valence-electron chi connectivity index (χ2n) is 4.62. The zero-order valence-corrected chi connectivity index (χ0v) is 13.6. The summed E-state index contributed by atoms with van der Waals surface area (Å²) in [5, 5.41) is 13.0. The number of nitrogens with zero attached hydrogens (tertiary/aromatic N) is 4. The van der Waals surface area contributed by atoms with Crippen LogP contribution in [0.25, 0.3) is 17.1 Å². The molecule has 3 heterocycles. The van der Waals surface area contributed by atoms with Gasteiger partial charge >= 0.3 is 5.97 Å². The number of pyridine rings is 2. The standard InChI is InChI=1S/C15H10BrFN4O3/c16-13-14(9-4-6-18-10(17)7-9)21(11-3-1-2-5-19-11)20-15(13)24-8-12(22)23/h1-7H,8H2,(H,22,23). The molecule has 1 N–H and O–H groups in total. The van der Waals surface area contributed by atoms with Crippen molar-refractivity contribution < 1.29 is 19.0 Å². The van der Waals surface area contributed by atoms with Gasteiger partial charge in [0.1, 0.15) is 4.47 Å². The summed E-state index contributed by atoms with van der Waals surface area (Å²) in [6.07, 6.45) is 2.91. The largest absolute Gasteiger partial charge is 0.479 e. The van der Waals surface area contributed by atoms with E-state index < -0.39 is 18.5 Å². The van der Waals surface area contributed by atoms with Crippen LogP contribution in [0.15, 0.2) is 47.2 Å². The van der Waals surface area contributed by atoms with E-state index in [4.69, 9.17) is 9.84 Å². The van der Waals surface area contributed by atoms with E-state index in [1.54, 1.807) is 30.5 Å². The summed E-state index contributed by atoms with van der Waals surface area (Å²) in [5.41, 5.74) is 0.952. The summed E-state index contributed by atoms with van der Waals surface area (Å²) in [5.74, 6) is -1.25. The van der Waals surface area contributed by atoms with Crippen LogP contribution in [0.4, 0.5) is 4.39 Å². The highest BCUT2D eigenvalue weighted by atomic mass is 79.9. The Morgan fingerprint density at radius 2 is 2.12 bits per heavy atom. The van der Waals surface area contributed by atoms with E-state index in [-0.39, 0.29) is 5.88 Å². The molecule has 0 amide bonds. The molecule has 0 aliphatic rings. The zero-order valence-electron chi connectivity index (χ0n) is 12.1. The first-order valence-corrected chi connectivity index (χ1v) is 7.52. The lowest BCUT2D eigenvalue weighted by molar-refractivity contribution is -0.139. The van der Waals surface area contributed by atoms with Crippen molar-refractivity contribution in [2.75, 3.05) is 6.61 Å². The molecule has 24 heavy (non-hydrogen) atoms. The lowest BCUT2D eigenvalue weighted by Gasteiger charge is -2.06. The molecule has 0 bridgehead atoms. The maximum Gasteiger partial charge on any atom is 0.341 e. The van der Waals surface area contributed by atoms with Crippen molar-refractivity contribution in [3.63, 3.8) is 0 Å². The number of hydrogen-bond donors (Lipinski definition) is 1. The maximum atomic E-state index is 13.5. The average Bonchev–Trinajstić information content (AvgIpc) is 2.90. The number of hydrogen-bond acceptors (Lipinski definition) is 5. The van der Waals surface area contributed by atoms with Gasteiger partial charge in [-0.15, -0.1) is 5.10 Å². The van der Waals surface area contributed by atoms with Crippen molar-refractivity contribution in [2.24, 2.45) is 0 Å². The lowest BCUT2D eigenvalue weighted by atomic mass is 10.2. The number of carbonyl (C=O) groups is 1. The third kappa shape index (κ3) is 3.25. The van der Waals surface area contributed by atoms with E-state index >= 15 is 0 Å². The number of carboxylic acids is 1. The highest BCUT2D eigenvalue weighted by molar-refractivity contribution is 9.10. The molecule has 3 aromatic rings. The van der Waals surface area contributed by atoms with Crippen LogP contribution < -0.4 is 4.74 Å². The molecule has 0 unspecified atom stereocenters. The van der Waals surface area contributed by atoms with Crippen LogP contribution in [0.1, 0.15) is 0 Å². The summed E-state index contributed by atoms with van der Waals surface area (Å²) < 4.78 is 20.5. The number of carboxylic acid groups (broad SMARTS) is 1. The van der Waals surface area contributed by atoms with E-state index in [9.17, 15) is 9.18 Å². The lowest BCUT2D eigenvalue weighted by Crippen LogP contribution is -2.10. The van der Waals surface area contributed by atoms with Gasteiger partial charge in [-0.2, -0.15) is 4.39 Å². The van der Waals surface area contributed by atoms with Gasteiger partial charge in [-0.25, -0.2) is 19.4 Å².